The normalized spacial score (nSPS) is 14.4. The summed E-state index contributed by atoms with van der Waals surface area (Å²) in [5, 5.41) is 5.29. The van der Waals surface area contributed by atoms with Gasteiger partial charge in [0.1, 0.15) is 0 Å². The summed E-state index contributed by atoms with van der Waals surface area (Å²) in [6.07, 6.45) is 7.85. The van der Waals surface area contributed by atoms with Crippen molar-refractivity contribution in [3.63, 3.8) is 0 Å². The van der Waals surface area contributed by atoms with Crippen molar-refractivity contribution in [2.45, 2.75) is 71.4 Å². The standard InChI is InChI=1S/C27H33N3OS/c1-3-19-14-15-25-21(16-19)17-22(26(31)28-25)18-30(23-11-6-5-7-12-23)27(32)29-24-13-9-8-10-20(24)4-2/h8-10,13-17,23H,3-7,11-12,18H2,1-2H3,(H,28,31)(H,29,32). The van der Waals surface area contributed by atoms with Crippen molar-refractivity contribution in [3.05, 3.63) is 75.6 Å². The van der Waals surface area contributed by atoms with Crippen LogP contribution in [0.15, 0.2) is 53.3 Å². The molecule has 0 atom stereocenters. The summed E-state index contributed by atoms with van der Waals surface area (Å²) >= 11 is 5.93. The van der Waals surface area contributed by atoms with Crippen molar-refractivity contribution in [2.75, 3.05) is 5.32 Å². The summed E-state index contributed by atoms with van der Waals surface area (Å²) in [7, 11) is 0. The molecule has 0 spiro atoms. The molecule has 1 heterocycles. The number of pyridine rings is 1. The SMILES string of the molecule is CCc1ccc2[nH]c(=O)c(CN(C(=S)Nc3ccccc3CC)C3CCCCC3)cc2c1. The third-order valence-corrected chi connectivity index (χ3v) is 6.99. The highest BCUT2D eigenvalue weighted by Gasteiger charge is 2.25. The maximum atomic E-state index is 12.9. The van der Waals surface area contributed by atoms with E-state index in [-0.39, 0.29) is 5.56 Å². The van der Waals surface area contributed by atoms with Crippen LogP contribution in [0.1, 0.15) is 62.6 Å². The van der Waals surface area contributed by atoms with E-state index in [1.807, 2.05) is 18.2 Å². The summed E-state index contributed by atoms with van der Waals surface area (Å²) in [6.45, 7) is 4.82. The van der Waals surface area contributed by atoms with Crippen LogP contribution in [0.25, 0.3) is 10.9 Å². The van der Waals surface area contributed by atoms with Crippen LogP contribution in [0.3, 0.4) is 0 Å². The van der Waals surface area contributed by atoms with Crippen LogP contribution in [-0.4, -0.2) is 21.0 Å². The first-order valence-corrected chi connectivity index (χ1v) is 12.3. The number of aryl methyl sites for hydroxylation is 2. The Morgan fingerprint density at radius 2 is 1.81 bits per heavy atom. The van der Waals surface area contributed by atoms with E-state index in [9.17, 15) is 4.79 Å². The molecule has 5 heteroatoms. The fraction of sp³-hybridized carbons (Fsp3) is 0.407. The molecule has 2 N–H and O–H groups in total. The molecule has 0 amide bonds. The maximum Gasteiger partial charge on any atom is 0.253 e. The Labute approximate surface area is 196 Å². The van der Waals surface area contributed by atoms with E-state index in [4.69, 9.17) is 12.2 Å². The number of hydrogen-bond acceptors (Lipinski definition) is 2. The van der Waals surface area contributed by atoms with Crippen LogP contribution in [0.5, 0.6) is 0 Å². The smallest absolute Gasteiger partial charge is 0.253 e. The fourth-order valence-electron chi connectivity index (χ4n) is 4.72. The van der Waals surface area contributed by atoms with Gasteiger partial charge in [0.15, 0.2) is 5.11 Å². The second-order valence-corrected chi connectivity index (χ2v) is 9.15. The minimum atomic E-state index is -0.0284. The van der Waals surface area contributed by atoms with E-state index >= 15 is 0 Å². The van der Waals surface area contributed by atoms with E-state index in [0.29, 0.717) is 17.7 Å². The number of nitrogens with one attached hydrogen (secondary N) is 2. The molecule has 168 valence electrons. The molecule has 0 radical (unpaired) electrons. The van der Waals surface area contributed by atoms with E-state index in [1.54, 1.807) is 0 Å². The Bertz CT molecular complexity index is 1150. The average molecular weight is 448 g/mol. The second kappa shape index (κ2) is 10.3. The molecule has 0 saturated heterocycles. The van der Waals surface area contributed by atoms with Crippen molar-refractivity contribution in [1.29, 1.82) is 0 Å². The van der Waals surface area contributed by atoms with Crippen LogP contribution >= 0.6 is 12.2 Å². The van der Waals surface area contributed by atoms with Gasteiger partial charge < -0.3 is 15.2 Å². The first kappa shape index (κ1) is 22.5. The fourth-order valence-corrected chi connectivity index (χ4v) is 5.04. The highest BCUT2D eigenvalue weighted by atomic mass is 32.1. The summed E-state index contributed by atoms with van der Waals surface area (Å²) in [5.41, 5.74) is 5.20. The number of nitrogens with zero attached hydrogens (tertiary/aromatic N) is 1. The van der Waals surface area contributed by atoms with Crippen LogP contribution in [0, 0.1) is 0 Å². The first-order chi connectivity index (χ1) is 15.6. The number of para-hydroxylation sites is 1. The van der Waals surface area contributed by atoms with E-state index in [0.717, 1.165) is 47.8 Å². The molecule has 2 aromatic carbocycles. The number of benzene rings is 2. The van der Waals surface area contributed by atoms with Gasteiger partial charge in [-0.2, -0.15) is 0 Å². The summed E-state index contributed by atoms with van der Waals surface area (Å²) in [4.78, 5) is 18.3. The molecule has 4 rings (SSSR count). The van der Waals surface area contributed by atoms with E-state index < -0.39 is 0 Å². The highest BCUT2D eigenvalue weighted by Crippen LogP contribution is 2.26. The van der Waals surface area contributed by atoms with Gasteiger partial charge in [-0.1, -0.05) is 57.4 Å². The van der Waals surface area contributed by atoms with Gasteiger partial charge >= 0.3 is 0 Å². The third-order valence-electron chi connectivity index (χ3n) is 6.65. The van der Waals surface area contributed by atoms with Crippen LogP contribution in [0.4, 0.5) is 5.69 Å². The van der Waals surface area contributed by atoms with Crippen molar-refractivity contribution < 1.29 is 0 Å². The molecule has 1 aliphatic carbocycles. The number of H-pyrrole nitrogens is 1. The molecule has 32 heavy (non-hydrogen) atoms. The monoisotopic (exact) mass is 447 g/mol. The molecule has 1 fully saturated rings. The largest absolute Gasteiger partial charge is 0.342 e. The number of thiocarbonyl (C=S) groups is 1. The summed E-state index contributed by atoms with van der Waals surface area (Å²) in [5.74, 6) is 0. The van der Waals surface area contributed by atoms with Gasteiger partial charge in [0, 0.05) is 22.8 Å². The minimum Gasteiger partial charge on any atom is -0.342 e. The lowest BCUT2D eigenvalue weighted by Gasteiger charge is -2.36. The van der Waals surface area contributed by atoms with Crippen LogP contribution in [0.2, 0.25) is 0 Å². The zero-order chi connectivity index (χ0) is 22.5. The molecule has 1 saturated carbocycles. The lowest BCUT2D eigenvalue weighted by atomic mass is 9.94. The van der Waals surface area contributed by atoms with Gasteiger partial charge in [0.25, 0.3) is 5.56 Å². The third kappa shape index (κ3) is 5.04. The molecule has 0 aliphatic heterocycles. The molecule has 3 aromatic rings. The molecule has 0 unspecified atom stereocenters. The molecular formula is C27H33N3OS. The zero-order valence-corrected chi connectivity index (χ0v) is 19.9. The molecular weight excluding hydrogens is 414 g/mol. The highest BCUT2D eigenvalue weighted by molar-refractivity contribution is 7.80. The number of aromatic nitrogens is 1. The summed E-state index contributed by atoms with van der Waals surface area (Å²) in [6, 6.07) is 17.0. The Hall–Kier alpha value is -2.66. The van der Waals surface area contributed by atoms with Crippen LogP contribution in [-0.2, 0) is 19.4 Å². The van der Waals surface area contributed by atoms with E-state index in [2.05, 4.69) is 59.4 Å². The number of aromatic amines is 1. The summed E-state index contributed by atoms with van der Waals surface area (Å²) < 4.78 is 0. The lowest BCUT2D eigenvalue weighted by Crippen LogP contribution is -2.44. The topological polar surface area (TPSA) is 48.1 Å². The van der Waals surface area contributed by atoms with Gasteiger partial charge in [0.05, 0.1) is 6.54 Å². The maximum absolute atomic E-state index is 12.9. The number of hydrogen-bond donors (Lipinski definition) is 2. The predicted molar refractivity (Wildman–Crippen MR) is 138 cm³/mol. The Morgan fingerprint density at radius 1 is 1.03 bits per heavy atom. The van der Waals surface area contributed by atoms with Gasteiger partial charge in [-0.25, -0.2) is 0 Å². The van der Waals surface area contributed by atoms with Gasteiger partial charge in [0.2, 0.25) is 0 Å². The lowest BCUT2D eigenvalue weighted by molar-refractivity contribution is 0.240. The minimum absolute atomic E-state index is 0.0284. The Balaban J connectivity index is 1.65. The quantitative estimate of drug-likeness (QED) is 0.443. The van der Waals surface area contributed by atoms with Gasteiger partial charge in [-0.3, -0.25) is 4.79 Å². The van der Waals surface area contributed by atoms with Crippen LogP contribution < -0.4 is 10.9 Å². The molecule has 1 aliphatic rings. The van der Waals surface area contributed by atoms with Crippen molar-refractivity contribution >= 4 is 33.9 Å². The number of rotatable bonds is 6. The Kier molecular flexibility index (Phi) is 7.26. The van der Waals surface area contributed by atoms with Crippen molar-refractivity contribution in [3.8, 4) is 0 Å². The molecule has 1 aromatic heterocycles. The molecule has 0 bridgehead atoms. The van der Waals surface area contributed by atoms with Crippen molar-refractivity contribution in [2.24, 2.45) is 0 Å². The zero-order valence-electron chi connectivity index (χ0n) is 19.1. The van der Waals surface area contributed by atoms with Gasteiger partial charge in [-0.05, 0) is 78.7 Å². The second-order valence-electron chi connectivity index (χ2n) is 8.76. The molecule has 4 nitrogen and oxygen atoms in total. The number of anilines is 1. The average Bonchev–Trinajstić information content (AvgIpc) is 2.83. The first-order valence-electron chi connectivity index (χ1n) is 11.9. The Morgan fingerprint density at radius 3 is 2.56 bits per heavy atom. The number of fused-ring (bicyclic) bond motifs is 1. The van der Waals surface area contributed by atoms with E-state index in [1.165, 1.54) is 30.4 Å². The van der Waals surface area contributed by atoms with Gasteiger partial charge in [-0.15, -0.1) is 0 Å². The van der Waals surface area contributed by atoms with Crippen molar-refractivity contribution in [1.82, 2.24) is 9.88 Å². The predicted octanol–water partition coefficient (Wildman–Crippen LogP) is 6.18.